The van der Waals surface area contributed by atoms with Gasteiger partial charge in [-0.1, -0.05) is 13.8 Å². The number of guanidine groups is 1. The smallest absolute Gasteiger partial charge is 0.191 e. The summed E-state index contributed by atoms with van der Waals surface area (Å²) in [6.07, 6.45) is 5.44. The third-order valence-electron chi connectivity index (χ3n) is 4.60. The zero-order valence-electron chi connectivity index (χ0n) is 16.0. The van der Waals surface area contributed by atoms with Crippen LogP contribution in [0.1, 0.15) is 48.9 Å². The molecule has 1 heterocycles. The summed E-state index contributed by atoms with van der Waals surface area (Å²) in [5.41, 5.74) is 1.91. The third-order valence-corrected chi connectivity index (χ3v) is 6.82. The van der Waals surface area contributed by atoms with Gasteiger partial charge in [0.05, 0.1) is 12.3 Å². The Morgan fingerprint density at radius 2 is 2.16 bits per heavy atom. The molecule has 1 unspecified atom stereocenters. The first-order valence-corrected chi connectivity index (χ1v) is 11.7. The molecule has 7 heteroatoms. The number of nitrogens with one attached hydrogen (secondary N) is 2. The number of aliphatic imine (C=N–C) groups is 1. The van der Waals surface area contributed by atoms with Crippen LogP contribution in [0.15, 0.2) is 11.1 Å². The molecule has 0 bridgehead atoms. The number of aryl methyl sites for hydroxylation is 1. The quantitative estimate of drug-likeness (QED) is 0.583. The maximum absolute atomic E-state index is 11.3. The number of fused-ring (bicyclic) bond motifs is 1. The molecule has 0 fully saturated rings. The van der Waals surface area contributed by atoms with Crippen molar-refractivity contribution in [1.82, 2.24) is 10.6 Å². The van der Waals surface area contributed by atoms with Crippen molar-refractivity contribution < 1.29 is 8.42 Å². The Morgan fingerprint density at radius 1 is 1.44 bits per heavy atom. The van der Waals surface area contributed by atoms with E-state index in [4.69, 9.17) is 0 Å². The number of hydrogen-bond donors (Lipinski definition) is 2. The van der Waals surface area contributed by atoms with Crippen molar-refractivity contribution in [2.24, 2.45) is 10.4 Å². The molecule has 0 aromatic carbocycles. The number of rotatable bonds is 6. The zero-order valence-corrected chi connectivity index (χ0v) is 17.6. The van der Waals surface area contributed by atoms with E-state index in [1.54, 1.807) is 7.05 Å². The summed E-state index contributed by atoms with van der Waals surface area (Å²) in [6, 6.07) is 2.38. The minimum atomic E-state index is -2.93. The van der Waals surface area contributed by atoms with E-state index in [0.717, 1.165) is 13.0 Å². The van der Waals surface area contributed by atoms with E-state index < -0.39 is 9.84 Å². The molecule has 0 saturated heterocycles. The number of nitrogens with zero attached hydrogens (tertiary/aromatic N) is 1. The van der Waals surface area contributed by atoms with E-state index in [0.29, 0.717) is 17.8 Å². The highest BCUT2D eigenvalue weighted by molar-refractivity contribution is 7.90. The largest absolute Gasteiger partial charge is 0.354 e. The number of sulfone groups is 1. The van der Waals surface area contributed by atoms with Crippen molar-refractivity contribution in [2.45, 2.75) is 59.0 Å². The van der Waals surface area contributed by atoms with Gasteiger partial charge in [-0.3, -0.25) is 4.99 Å². The van der Waals surface area contributed by atoms with Gasteiger partial charge in [-0.05, 0) is 49.7 Å². The lowest BCUT2D eigenvalue weighted by atomic mass is 9.77. The lowest BCUT2D eigenvalue weighted by Gasteiger charge is -2.29. The van der Waals surface area contributed by atoms with E-state index in [1.807, 2.05) is 18.3 Å². The SMILES string of the molecule is CN=C(NCc1cc2c(s1)CCC(C)(C)C2)NC(C)CCS(C)(=O)=O. The molecular formula is C18H31N3O2S2. The number of thiophene rings is 1. The Morgan fingerprint density at radius 3 is 2.80 bits per heavy atom. The minimum Gasteiger partial charge on any atom is -0.354 e. The summed E-state index contributed by atoms with van der Waals surface area (Å²) >= 11 is 1.90. The Hall–Kier alpha value is -1.08. The van der Waals surface area contributed by atoms with E-state index in [1.165, 1.54) is 34.4 Å². The van der Waals surface area contributed by atoms with Crippen LogP contribution < -0.4 is 10.6 Å². The van der Waals surface area contributed by atoms with E-state index in [2.05, 4.69) is 35.5 Å². The molecule has 0 spiro atoms. The fourth-order valence-corrected chi connectivity index (χ4v) is 5.00. The fourth-order valence-electron chi connectivity index (χ4n) is 3.09. The van der Waals surface area contributed by atoms with Gasteiger partial charge in [-0.25, -0.2) is 8.42 Å². The van der Waals surface area contributed by atoms with Crippen LogP contribution in [0.3, 0.4) is 0 Å². The van der Waals surface area contributed by atoms with Gasteiger partial charge >= 0.3 is 0 Å². The fraction of sp³-hybridized carbons (Fsp3) is 0.722. The molecule has 0 aliphatic heterocycles. The van der Waals surface area contributed by atoms with Crippen molar-refractivity contribution in [3.63, 3.8) is 0 Å². The topological polar surface area (TPSA) is 70.6 Å². The molecule has 25 heavy (non-hydrogen) atoms. The molecule has 0 amide bonds. The van der Waals surface area contributed by atoms with E-state index in [9.17, 15) is 8.42 Å². The van der Waals surface area contributed by atoms with Crippen LogP contribution in [-0.2, 0) is 29.2 Å². The van der Waals surface area contributed by atoms with E-state index >= 15 is 0 Å². The molecular weight excluding hydrogens is 354 g/mol. The summed E-state index contributed by atoms with van der Waals surface area (Å²) in [4.78, 5) is 7.10. The Balaban J connectivity index is 1.86. The predicted molar refractivity (Wildman–Crippen MR) is 107 cm³/mol. The summed E-state index contributed by atoms with van der Waals surface area (Å²) in [6.45, 7) is 7.41. The molecule has 0 saturated carbocycles. The monoisotopic (exact) mass is 385 g/mol. The van der Waals surface area contributed by atoms with Crippen LogP contribution >= 0.6 is 11.3 Å². The van der Waals surface area contributed by atoms with Crippen molar-refractivity contribution in [2.75, 3.05) is 19.1 Å². The second-order valence-electron chi connectivity index (χ2n) is 7.89. The highest BCUT2D eigenvalue weighted by Gasteiger charge is 2.26. The summed E-state index contributed by atoms with van der Waals surface area (Å²) in [7, 11) is -1.19. The van der Waals surface area contributed by atoms with Gasteiger partial charge in [-0.15, -0.1) is 11.3 Å². The Labute approximate surface area is 156 Å². The normalized spacial score (nSPS) is 18.5. The molecule has 2 rings (SSSR count). The van der Waals surface area contributed by atoms with Crippen LogP contribution in [0.25, 0.3) is 0 Å². The molecule has 1 aromatic heterocycles. The second kappa shape index (κ2) is 8.08. The van der Waals surface area contributed by atoms with Crippen molar-refractivity contribution in [3.05, 3.63) is 21.4 Å². The average Bonchev–Trinajstić information content (AvgIpc) is 2.89. The third kappa shape index (κ3) is 6.62. The van der Waals surface area contributed by atoms with Crippen molar-refractivity contribution in [1.29, 1.82) is 0 Å². The summed E-state index contributed by atoms with van der Waals surface area (Å²) in [5.74, 6) is 0.902. The van der Waals surface area contributed by atoms with Crippen molar-refractivity contribution in [3.8, 4) is 0 Å². The molecule has 1 aromatic rings. The highest BCUT2D eigenvalue weighted by Crippen LogP contribution is 2.38. The molecule has 142 valence electrons. The first kappa shape index (κ1) is 20.2. The minimum absolute atomic E-state index is 0.0539. The standard InChI is InChI=1S/C18H31N3O2S2/c1-13(7-9-25(5,22)23)21-17(19-4)20-12-15-10-14-11-18(2,3)8-6-16(14)24-15/h10,13H,6-9,11-12H2,1-5H3,(H2,19,20,21). The van der Waals surface area contributed by atoms with Gasteiger partial charge in [-0.2, -0.15) is 0 Å². The number of hydrogen-bond acceptors (Lipinski definition) is 4. The first-order chi connectivity index (χ1) is 11.6. The van der Waals surface area contributed by atoms with Gasteiger partial charge in [0.25, 0.3) is 0 Å². The van der Waals surface area contributed by atoms with E-state index in [-0.39, 0.29) is 11.8 Å². The van der Waals surface area contributed by atoms with Crippen molar-refractivity contribution >= 4 is 27.1 Å². The summed E-state index contributed by atoms with van der Waals surface area (Å²) < 4.78 is 22.5. The average molecular weight is 386 g/mol. The molecule has 2 N–H and O–H groups in total. The van der Waals surface area contributed by atoms with Gasteiger partial charge in [0, 0.05) is 29.1 Å². The van der Waals surface area contributed by atoms with Crippen LogP contribution in [0.4, 0.5) is 0 Å². The second-order valence-corrected chi connectivity index (χ2v) is 11.4. The molecule has 5 nitrogen and oxygen atoms in total. The molecule has 1 aliphatic rings. The van der Waals surface area contributed by atoms with Gasteiger partial charge < -0.3 is 10.6 Å². The Bertz CT molecular complexity index is 721. The summed E-state index contributed by atoms with van der Waals surface area (Å²) in [5, 5.41) is 6.61. The Kier molecular flexibility index (Phi) is 6.54. The van der Waals surface area contributed by atoms with Crippen LogP contribution in [0.2, 0.25) is 0 Å². The van der Waals surface area contributed by atoms with Gasteiger partial charge in [0.1, 0.15) is 9.84 Å². The lowest BCUT2D eigenvalue weighted by molar-refractivity contribution is 0.318. The maximum Gasteiger partial charge on any atom is 0.191 e. The maximum atomic E-state index is 11.3. The molecule has 1 aliphatic carbocycles. The van der Waals surface area contributed by atoms with Gasteiger partial charge in [0.15, 0.2) is 5.96 Å². The first-order valence-electron chi connectivity index (χ1n) is 8.83. The molecule has 1 atom stereocenters. The predicted octanol–water partition coefficient (Wildman–Crippen LogP) is 2.75. The highest BCUT2D eigenvalue weighted by atomic mass is 32.2. The van der Waals surface area contributed by atoms with Crippen LogP contribution in [0.5, 0.6) is 0 Å². The van der Waals surface area contributed by atoms with Crippen LogP contribution in [0, 0.1) is 5.41 Å². The van der Waals surface area contributed by atoms with Crippen LogP contribution in [-0.4, -0.2) is 39.5 Å². The lowest BCUT2D eigenvalue weighted by Crippen LogP contribution is -2.42. The van der Waals surface area contributed by atoms with Gasteiger partial charge in [0.2, 0.25) is 0 Å². The molecule has 0 radical (unpaired) electrons. The zero-order chi connectivity index (χ0) is 18.7.